The lowest BCUT2D eigenvalue weighted by atomic mass is 10.0. The third-order valence-electron chi connectivity index (χ3n) is 3.96. The highest BCUT2D eigenvalue weighted by atomic mass is 16.6. The van der Waals surface area contributed by atoms with Crippen molar-refractivity contribution < 1.29 is 9.66 Å². The van der Waals surface area contributed by atoms with E-state index in [-0.39, 0.29) is 5.69 Å². The lowest BCUT2D eigenvalue weighted by Crippen LogP contribution is -2.10. The molecule has 0 amide bonds. The molecule has 0 aliphatic rings. The van der Waals surface area contributed by atoms with E-state index in [1.165, 1.54) is 12.1 Å². The van der Waals surface area contributed by atoms with Crippen LogP contribution in [0, 0.1) is 22.0 Å². The maximum atomic E-state index is 11.1. The molecule has 27 heavy (non-hydrogen) atoms. The third kappa shape index (κ3) is 4.65. The monoisotopic (exact) mass is 358 g/mol. The molecule has 3 aromatic rings. The van der Waals surface area contributed by atoms with Gasteiger partial charge in [-0.15, -0.1) is 0 Å². The number of anilines is 1. The first kappa shape index (κ1) is 18.0. The minimum Gasteiger partial charge on any atom is -0.495 e. The summed E-state index contributed by atoms with van der Waals surface area (Å²) in [6.07, 6.45) is 0. The second kappa shape index (κ2) is 8.54. The van der Waals surface area contributed by atoms with Gasteiger partial charge >= 0.3 is 0 Å². The molecule has 0 saturated heterocycles. The van der Waals surface area contributed by atoms with E-state index in [0.717, 1.165) is 11.3 Å². The van der Waals surface area contributed by atoms with Gasteiger partial charge in [0.15, 0.2) is 0 Å². The molecule has 1 unspecified atom stereocenters. The zero-order valence-corrected chi connectivity index (χ0v) is 14.8. The molecule has 0 radical (unpaired) electrons. The molecular formula is C22H18N2O3. The number of nitro benzene ring substituents is 1. The quantitative estimate of drug-likeness (QED) is 0.404. The topological polar surface area (TPSA) is 64.4 Å². The summed E-state index contributed by atoms with van der Waals surface area (Å²) in [6, 6.07) is 23.1. The van der Waals surface area contributed by atoms with Crippen LogP contribution >= 0.6 is 0 Å². The van der Waals surface area contributed by atoms with Gasteiger partial charge in [0.05, 0.1) is 17.7 Å². The van der Waals surface area contributed by atoms with E-state index in [1.807, 2.05) is 60.7 Å². The zero-order chi connectivity index (χ0) is 19.1. The molecule has 0 heterocycles. The van der Waals surface area contributed by atoms with Crippen molar-refractivity contribution in [3.63, 3.8) is 0 Å². The van der Waals surface area contributed by atoms with Crippen molar-refractivity contribution >= 4 is 11.4 Å². The van der Waals surface area contributed by atoms with Crippen LogP contribution < -0.4 is 10.1 Å². The summed E-state index contributed by atoms with van der Waals surface area (Å²) in [6.45, 7) is 0. The van der Waals surface area contributed by atoms with Crippen LogP contribution in [0.4, 0.5) is 11.4 Å². The highest BCUT2D eigenvalue weighted by Crippen LogP contribution is 2.29. The fourth-order valence-corrected chi connectivity index (χ4v) is 2.62. The summed E-state index contributed by atoms with van der Waals surface area (Å²) in [5.41, 5.74) is 2.37. The van der Waals surface area contributed by atoms with Crippen LogP contribution in [0.2, 0.25) is 0 Å². The van der Waals surface area contributed by atoms with Gasteiger partial charge in [-0.1, -0.05) is 54.3 Å². The van der Waals surface area contributed by atoms with E-state index in [4.69, 9.17) is 4.74 Å². The van der Waals surface area contributed by atoms with Crippen LogP contribution in [0.5, 0.6) is 5.75 Å². The Morgan fingerprint density at radius 1 is 1.00 bits per heavy atom. The van der Waals surface area contributed by atoms with Crippen LogP contribution in [-0.4, -0.2) is 12.0 Å². The molecule has 5 heteroatoms. The number of nitro groups is 1. The molecule has 134 valence electrons. The van der Waals surface area contributed by atoms with Crippen LogP contribution in [0.3, 0.4) is 0 Å². The molecule has 5 nitrogen and oxygen atoms in total. The summed E-state index contributed by atoms with van der Waals surface area (Å²) < 4.78 is 5.39. The predicted octanol–water partition coefficient (Wildman–Crippen LogP) is 4.81. The summed E-state index contributed by atoms with van der Waals surface area (Å²) in [5, 5.41) is 14.5. The molecule has 1 N–H and O–H groups in total. The number of methoxy groups -OCH3 is 1. The average molecular weight is 358 g/mol. The number of ether oxygens (including phenoxy) is 1. The smallest absolute Gasteiger partial charge is 0.269 e. The van der Waals surface area contributed by atoms with Gasteiger partial charge in [0.2, 0.25) is 0 Å². The summed E-state index contributed by atoms with van der Waals surface area (Å²) in [4.78, 5) is 10.7. The van der Waals surface area contributed by atoms with Gasteiger partial charge in [-0.2, -0.15) is 0 Å². The summed E-state index contributed by atoms with van der Waals surface area (Å²) in [5.74, 6) is 6.98. The number of nitrogens with one attached hydrogen (secondary N) is 1. The molecule has 0 aliphatic heterocycles. The first-order valence-electron chi connectivity index (χ1n) is 8.38. The van der Waals surface area contributed by atoms with Crippen molar-refractivity contribution in [3.8, 4) is 17.6 Å². The minimum absolute atomic E-state index is 0.0286. The van der Waals surface area contributed by atoms with Crippen molar-refractivity contribution in [2.45, 2.75) is 6.04 Å². The third-order valence-corrected chi connectivity index (χ3v) is 3.96. The summed E-state index contributed by atoms with van der Waals surface area (Å²) in [7, 11) is 1.60. The van der Waals surface area contributed by atoms with Crippen molar-refractivity contribution in [2.24, 2.45) is 0 Å². The fourth-order valence-electron chi connectivity index (χ4n) is 2.62. The Morgan fingerprint density at radius 3 is 2.48 bits per heavy atom. The number of non-ortho nitro benzene ring substituents is 1. The highest BCUT2D eigenvalue weighted by Gasteiger charge is 2.14. The Hall–Kier alpha value is -3.78. The molecule has 0 fully saturated rings. The van der Waals surface area contributed by atoms with Gasteiger partial charge in [0.1, 0.15) is 11.8 Å². The van der Waals surface area contributed by atoms with E-state index in [9.17, 15) is 10.1 Å². The highest BCUT2D eigenvalue weighted by molar-refractivity contribution is 5.59. The van der Waals surface area contributed by atoms with Crippen molar-refractivity contribution in [3.05, 3.63) is 100 Å². The van der Waals surface area contributed by atoms with E-state index < -0.39 is 11.0 Å². The van der Waals surface area contributed by atoms with E-state index >= 15 is 0 Å². The van der Waals surface area contributed by atoms with Gasteiger partial charge < -0.3 is 10.1 Å². The minimum atomic E-state index is -0.443. The largest absolute Gasteiger partial charge is 0.495 e. The number of para-hydroxylation sites is 2. The molecule has 0 saturated carbocycles. The van der Waals surface area contributed by atoms with E-state index in [1.54, 1.807) is 13.2 Å². The van der Waals surface area contributed by atoms with Crippen LogP contribution in [0.25, 0.3) is 0 Å². The standard InChI is InChI=1S/C22H18N2O3/c1-27-22-13-6-5-12-21(22)23-20(15-14-17-8-3-2-4-9-17)18-10-7-11-19(16-18)24(25)26/h2-13,16,20,23H,1H3. The summed E-state index contributed by atoms with van der Waals surface area (Å²) >= 11 is 0. The first-order valence-corrected chi connectivity index (χ1v) is 8.38. The van der Waals surface area contributed by atoms with Crippen LogP contribution in [-0.2, 0) is 0 Å². The average Bonchev–Trinajstić information content (AvgIpc) is 2.72. The maximum Gasteiger partial charge on any atom is 0.269 e. The normalized spacial score (nSPS) is 11.0. The van der Waals surface area contributed by atoms with Crippen molar-refractivity contribution in [1.82, 2.24) is 0 Å². The Kier molecular flexibility index (Phi) is 5.70. The van der Waals surface area contributed by atoms with E-state index in [0.29, 0.717) is 11.3 Å². The predicted molar refractivity (Wildman–Crippen MR) is 106 cm³/mol. The Balaban J connectivity index is 2.00. The molecular weight excluding hydrogens is 340 g/mol. The lowest BCUT2D eigenvalue weighted by Gasteiger charge is -2.17. The Labute approximate surface area is 157 Å². The van der Waals surface area contributed by atoms with Crippen molar-refractivity contribution in [1.29, 1.82) is 0 Å². The number of hydrogen-bond acceptors (Lipinski definition) is 4. The molecule has 1 atom stereocenters. The fraction of sp³-hybridized carbons (Fsp3) is 0.0909. The SMILES string of the molecule is COc1ccccc1NC(C#Cc1ccccc1)c1cccc([N+](=O)[O-])c1. The molecule has 3 rings (SSSR count). The van der Waals surface area contributed by atoms with Crippen LogP contribution in [0.15, 0.2) is 78.9 Å². The van der Waals surface area contributed by atoms with Gasteiger partial charge in [0, 0.05) is 17.7 Å². The van der Waals surface area contributed by atoms with Gasteiger partial charge in [0.25, 0.3) is 5.69 Å². The second-order valence-corrected chi connectivity index (χ2v) is 5.77. The maximum absolute atomic E-state index is 11.1. The van der Waals surface area contributed by atoms with Crippen molar-refractivity contribution in [2.75, 3.05) is 12.4 Å². The second-order valence-electron chi connectivity index (χ2n) is 5.77. The molecule has 0 bridgehead atoms. The Bertz CT molecular complexity index is 991. The van der Waals surface area contributed by atoms with Gasteiger partial charge in [-0.05, 0) is 29.8 Å². The van der Waals surface area contributed by atoms with Crippen LogP contribution in [0.1, 0.15) is 17.2 Å². The van der Waals surface area contributed by atoms with Gasteiger partial charge in [-0.25, -0.2) is 0 Å². The number of rotatable bonds is 5. The first-order chi connectivity index (χ1) is 13.2. The number of hydrogen-bond donors (Lipinski definition) is 1. The molecule has 0 aliphatic carbocycles. The molecule has 3 aromatic carbocycles. The van der Waals surface area contributed by atoms with E-state index in [2.05, 4.69) is 17.2 Å². The van der Waals surface area contributed by atoms with Gasteiger partial charge in [-0.3, -0.25) is 10.1 Å². The number of benzene rings is 3. The Morgan fingerprint density at radius 2 is 1.74 bits per heavy atom. The zero-order valence-electron chi connectivity index (χ0n) is 14.8. The molecule has 0 aromatic heterocycles. The lowest BCUT2D eigenvalue weighted by molar-refractivity contribution is -0.384. The molecule has 0 spiro atoms. The number of nitrogens with zero attached hydrogens (tertiary/aromatic N) is 1.